The van der Waals surface area contributed by atoms with Crippen LogP contribution >= 0.6 is 0 Å². The van der Waals surface area contributed by atoms with Gasteiger partial charge in [0, 0.05) is 25.6 Å². The minimum Gasteiger partial charge on any atom is -0.379 e. The van der Waals surface area contributed by atoms with E-state index in [1.165, 1.54) is 32.3 Å². The molecule has 1 saturated heterocycles. The van der Waals surface area contributed by atoms with E-state index in [0.29, 0.717) is 11.1 Å². The molecule has 1 aliphatic heterocycles. The van der Waals surface area contributed by atoms with Crippen LogP contribution in [0.2, 0.25) is 0 Å². The summed E-state index contributed by atoms with van der Waals surface area (Å²) in [7, 11) is -0.430. The van der Waals surface area contributed by atoms with E-state index in [1.54, 1.807) is 6.92 Å². The monoisotopic (exact) mass is 344 g/mol. The van der Waals surface area contributed by atoms with Gasteiger partial charge in [0.1, 0.15) is 5.82 Å². The summed E-state index contributed by atoms with van der Waals surface area (Å²) < 4.78 is 43.7. The number of aryl methyl sites for hydroxylation is 1. The van der Waals surface area contributed by atoms with Gasteiger partial charge in [-0.25, -0.2) is 17.1 Å². The third kappa shape index (κ3) is 4.27. The maximum atomic E-state index is 13.3. The van der Waals surface area contributed by atoms with E-state index >= 15 is 0 Å². The first-order valence-corrected chi connectivity index (χ1v) is 8.86. The van der Waals surface area contributed by atoms with Crippen molar-refractivity contribution >= 4 is 15.9 Å². The van der Waals surface area contributed by atoms with Gasteiger partial charge >= 0.3 is 0 Å². The third-order valence-electron chi connectivity index (χ3n) is 3.92. The SMILES string of the molecule is Cc1cc(C(=O)NC2COCC2CS(=O)(=O)N(C)C)ccc1F. The number of carbonyl (C=O) groups excluding carboxylic acids is 1. The van der Waals surface area contributed by atoms with Crippen LogP contribution in [0.5, 0.6) is 0 Å². The second kappa shape index (κ2) is 6.94. The van der Waals surface area contributed by atoms with Crippen molar-refractivity contribution in [3.8, 4) is 0 Å². The first-order chi connectivity index (χ1) is 10.7. The fourth-order valence-corrected chi connectivity index (χ4v) is 3.55. The van der Waals surface area contributed by atoms with Gasteiger partial charge in [0.25, 0.3) is 5.91 Å². The Kier molecular flexibility index (Phi) is 5.38. The molecule has 2 unspecified atom stereocenters. The number of ether oxygens (including phenoxy) is 1. The number of nitrogens with zero attached hydrogens (tertiary/aromatic N) is 1. The summed E-state index contributed by atoms with van der Waals surface area (Å²) in [6.07, 6.45) is 0. The van der Waals surface area contributed by atoms with Crippen molar-refractivity contribution in [2.75, 3.05) is 33.1 Å². The van der Waals surface area contributed by atoms with Crippen molar-refractivity contribution in [2.24, 2.45) is 5.92 Å². The zero-order valence-corrected chi connectivity index (χ0v) is 14.2. The first kappa shape index (κ1) is 17.8. The highest BCUT2D eigenvalue weighted by Gasteiger charge is 2.34. The lowest BCUT2D eigenvalue weighted by Gasteiger charge is -2.21. The topological polar surface area (TPSA) is 75.7 Å². The Morgan fingerprint density at radius 3 is 2.70 bits per heavy atom. The lowest BCUT2D eigenvalue weighted by Crippen LogP contribution is -2.43. The van der Waals surface area contributed by atoms with E-state index in [4.69, 9.17) is 4.74 Å². The molecule has 2 atom stereocenters. The van der Waals surface area contributed by atoms with Crippen LogP contribution in [0.25, 0.3) is 0 Å². The predicted octanol–water partition coefficient (Wildman–Crippen LogP) is 0.770. The molecule has 0 bridgehead atoms. The zero-order valence-electron chi connectivity index (χ0n) is 13.4. The van der Waals surface area contributed by atoms with E-state index < -0.39 is 10.0 Å². The molecule has 0 aromatic heterocycles. The Labute approximate surface area is 135 Å². The van der Waals surface area contributed by atoms with Crippen LogP contribution in [0, 0.1) is 18.7 Å². The van der Waals surface area contributed by atoms with E-state index in [1.807, 2.05) is 0 Å². The fraction of sp³-hybridized carbons (Fsp3) is 0.533. The molecule has 0 saturated carbocycles. The molecule has 1 aliphatic rings. The summed E-state index contributed by atoms with van der Waals surface area (Å²) >= 11 is 0. The zero-order chi connectivity index (χ0) is 17.2. The van der Waals surface area contributed by atoms with Crippen molar-refractivity contribution < 1.29 is 22.3 Å². The maximum Gasteiger partial charge on any atom is 0.251 e. The van der Waals surface area contributed by atoms with Crippen LogP contribution in [-0.2, 0) is 14.8 Å². The number of carbonyl (C=O) groups is 1. The van der Waals surface area contributed by atoms with Gasteiger partial charge < -0.3 is 10.1 Å². The van der Waals surface area contributed by atoms with Gasteiger partial charge in [0.15, 0.2) is 0 Å². The van der Waals surface area contributed by atoms with Crippen LogP contribution in [0.15, 0.2) is 18.2 Å². The second-order valence-corrected chi connectivity index (χ2v) is 8.13. The normalized spacial score (nSPS) is 21.6. The summed E-state index contributed by atoms with van der Waals surface area (Å²) in [6, 6.07) is 3.72. The van der Waals surface area contributed by atoms with E-state index in [-0.39, 0.29) is 42.7 Å². The molecule has 1 fully saturated rings. The molecule has 1 aromatic carbocycles. The molecule has 0 radical (unpaired) electrons. The molecule has 6 nitrogen and oxygen atoms in total. The van der Waals surface area contributed by atoms with Gasteiger partial charge in [-0.3, -0.25) is 4.79 Å². The number of halogens is 1. The molecular weight excluding hydrogens is 323 g/mol. The van der Waals surface area contributed by atoms with Crippen LogP contribution < -0.4 is 5.32 Å². The number of hydrogen-bond acceptors (Lipinski definition) is 4. The average molecular weight is 344 g/mol. The second-order valence-electron chi connectivity index (χ2n) is 5.90. The Balaban J connectivity index is 2.06. The highest BCUT2D eigenvalue weighted by molar-refractivity contribution is 7.89. The summed E-state index contributed by atoms with van der Waals surface area (Å²) in [5.74, 6) is -1.14. The van der Waals surface area contributed by atoms with Gasteiger partial charge in [-0.15, -0.1) is 0 Å². The lowest BCUT2D eigenvalue weighted by atomic mass is 10.1. The first-order valence-electron chi connectivity index (χ1n) is 7.25. The summed E-state index contributed by atoms with van der Waals surface area (Å²) in [6.45, 7) is 2.12. The van der Waals surface area contributed by atoms with Crippen LogP contribution in [-0.4, -0.2) is 57.7 Å². The number of rotatable bonds is 5. The predicted molar refractivity (Wildman–Crippen MR) is 84.2 cm³/mol. The van der Waals surface area contributed by atoms with Crippen LogP contribution in [0.3, 0.4) is 0 Å². The van der Waals surface area contributed by atoms with Crippen LogP contribution in [0.4, 0.5) is 4.39 Å². The molecular formula is C15H21FN2O4S. The average Bonchev–Trinajstić information content (AvgIpc) is 2.88. The smallest absolute Gasteiger partial charge is 0.251 e. The fourth-order valence-electron chi connectivity index (χ4n) is 2.38. The van der Waals surface area contributed by atoms with Crippen molar-refractivity contribution in [2.45, 2.75) is 13.0 Å². The van der Waals surface area contributed by atoms with E-state index in [2.05, 4.69) is 5.32 Å². The van der Waals surface area contributed by atoms with Crippen molar-refractivity contribution in [1.82, 2.24) is 9.62 Å². The van der Waals surface area contributed by atoms with Crippen molar-refractivity contribution in [3.05, 3.63) is 35.1 Å². The third-order valence-corrected chi connectivity index (χ3v) is 5.88. The Bertz CT molecular complexity index is 691. The minimum atomic E-state index is -3.37. The minimum absolute atomic E-state index is 0.0899. The number of sulfonamides is 1. The Morgan fingerprint density at radius 2 is 2.09 bits per heavy atom. The highest BCUT2D eigenvalue weighted by Crippen LogP contribution is 2.18. The van der Waals surface area contributed by atoms with Gasteiger partial charge in [-0.2, -0.15) is 0 Å². The molecule has 1 amide bonds. The van der Waals surface area contributed by atoms with Gasteiger partial charge in [-0.05, 0) is 30.7 Å². The lowest BCUT2D eigenvalue weighted by molar-refractivity contribution is 0.0926. The summed E-state index contributed by atoms with van der Waals surface area (Å²) in [5.41, 5.74) is 0.720. The van der Waals surface area contributed by atoms with Crippen molar-refractivity contribution in [3.63, 3.8) is 0 Å². The number of nitrogens with one attached hydrogen (secondary N) is 1. The van der Waals surface area contributed by atoms with Gasteiger partial charge in [0.2, 0.25) is 10.0 Å². The molecule has 0 spiro atoms. The number of hydrogen-bond donors (Lipinski definition) is 1. The standard InChI is InChI=1S/C15H21FN2O4S/c1-10-6-11(4-5-13(10)16)15(19)17-14-8-22-7-12(14)9-23(20,21)18(2)3/h4-6,12,14H,7-9H2,1-3H3,(H,17,19). The number of amides is 1. The molecule has 1 aromatic rings. The van der Waals surface area contributed by atoms with Gasteiger partial charge in [0.05, 0.1) is 25.0 Å². The Morgan fingerprint density at radius 1 is 1.39 bits per heavy atom. The Hall–Kier alpha value is -1.51. The molecule has 23 heavy (non-hydrogen) atoms. The molecule has 1 heterocycles. The maximum absolute atomic E-state index is 13.3. The highest BCUT2D eigenvalue weighted by atomic mass is 32.2. The van der Waals surface area contributed by atoms with E-state index in [0.717, 1.165) is 4.31 Å². The van der Waals surface area contributed by atoms with Crippen molar-refractivity contribution in [1.29, 1.82) is 0 Å². The van der Waals surface area contributed by atoms with Crippen LogP contribution in [0.1, 0.15) is 15.9 Å². The quantitative estimate of drug-likeness (QED) is 0.856. The largest absolute Gasteiger partial charge is 0.379 e. The molecule has 1 N–H and O–H groups in total. The summed E-state index contributed by atoms with van der Waals surface area (Å²) in [5, 5.41) is 2.78. The molecule has 2 rings (SSSR count). The number of benzene rings is 1. The molecule has 0 aliphatic carbocycles. The summed E-state index contributed by atoms with van der Waals surface area (Å²) in [4.78, 5) is 12.3. The molecule has 128 valence electrons. The van der Waals surface area contributed by atoms with E-state index in [9.17, 15) is 17.6 Å². The van der Waals surface area contributed by atoms with Gasteiger partial charge in [-0.1, -0.05) is 0 Å². The molecule has 8 heteroatoms.